The Morgan fingerprint density at radius 1 is 0.735 bits per heavy atom. The molecule has 1 amide bonds. The lowest BCUT2D eigenvalue weighted by molar-refractivity contribution is -0.121. The number of nitrogens with zero attached hydrogens (tertiary/aromatic N) is 3. The Kier molecular flexibility index (Phi) is 11.6. The van der Waals surface area contributed by atoms with Crippen LogP contribution in [0, 0.1) is 0 Å². The zero-order valence-electron chi connectivity index (χ0n) is 26.3. The lowest BCUT2D eigenvalue weighted by atomic mass is 10.2. The van der Waals surface area contributed by atoms with Gasteiger partial charge in [-0.05, 0) is 71.8 Å². The van der Waals surface area contributed by atoms with Gasteiger partial charge < -0.3 is 9.15 Å². The van der Waals surface area contributed by atoms with Crippen LogP contribution in [0.2, 0.25) is 5.02 Å². The predicted octanol–water partition coefficient (Wildman–Crippen LogP) is 5.67. The van der Waals surface area contributed by atoms with Crippen LogP contribution in [0.15, 0.2) is 141 Å². The van der Waals surface area contributed by atoms with Crippen LogP contribution in [-0.2, 0) is 44.5 Å². The van der Waals surface area contributed by atoms with Gasteiger partial charge in [-0.1, -0.05) is 72.3 Å². The highest BCUT2D eigenvalue weighted by molar-refractivity contribution is 7.89. The summed E-state index contributed by atoms with van der Waals surface area (Å²) in [5.74, 6) is 0.389. The van der Waals surface area contributed by atoms with E-state index in [9.17, 15) is 21.6 Å². The van der Waals surface area contributed by atoms with Gasteiger partial charge >= 0.3 is 0 Å². The van der Waals surface area contributed by atoms with Crippen LogP contribution in [0.1, 0.15) is 22.6 Å². The van der Waals surface area contributed by atoms with E-state index in [4.69, 9.17) is 20.8 Å². The SMILES string of the molecule is COc1ccc(S(=O)(=O)N(CC(=O)N/N=C\c2ccc(CN(Cc3ccccc3)S(=O)(=O)c3ccc(Cl)cc3)o2)Cc2ccccc2)cc1. The first-order valence-corrected chi connectivity index (χ1v) is 18.2. The molecule has 11 nitrogen and oxygen atoms in total. The molecular formula is C35H33ClN4O7S2. The van der Waals surface area contributed by atoms with Gasteiger partial charge in [-0.15, -0.1) is 0 Å². The van der Waals surface area contributed by atoms with Crippen molar-refractivity contribution in [3.05, 3.63) is 149 Å². The molecule has 0 unspecified atom stereocenters. The summed E-state index contributed by atoms with van der Waals surface area (Å²) in [6.45, 7) is -0.560. The number of sulfonamides is 2. The summed E-state index contributed by atoms with van der Waals surface area (Å²) in [5.41, 5.74) is 3.83. The highest BCUT2D eigenvalue weighted by Crippen LogP contribution is 2.24. The lowest BCUT2D eigenvalue weighted by Crippen LogP contribution is -2.39. The van der Waals surface area contributed by atoms with Gasteiger partial charge in [0, 0.05) is 18.1 Å². The normalized spacial score (nSPS) is 12.1. The molecule has 1 heterocycles. The summed E-state index contributed by atoms with van der Waals surface area (Å²) in [4.78, 5) is 13.0. The van der Waals surface area contributed by atoms with Crippen molar-refractivity contribution in [3.63, 3.8) is 0 Å². The first-order chi connectivity index (χ1) is 23.5. The average molecular weight is 721 g/mol. The van der Waals surface area contributed by atoms with Gasteiger partial charge in [-0.25, -0.2) is 22.3 Å². The maximum absolute atomic E-state index is 13.6. The maximum atomic E-state index is 13.6. The molecular weight excluding hydrogens is 688 g/mol. The summed E-state index contributed by atoms with van der Waals surface area (Å²) in [5, 5.41) is 4.36. The Morgan fingerprint density at radius 2 is 1.27 bits per heavy atom. The number of benzene rings is 4. The van der Waals surface area contributed by atoms with E-state index in [1.807, 2.05) is 36.4 Å². The highest BCUT2D eigenvalue weighted by atomic mass is 35.5. The molecule has 4 aromatic carbocycles. The Bertz CT molecular complexity index is 2090. The summed E-state index contributed by atoms with van der Waals surface area (Å²) in [6.07, 6.45) is 1.25. The fraction of sp³-hybridized carbons (Fsp3) is 0.143. The van der Waals surface area contributed by atoms with E-state index in [1.165, 1.54) is 66.2 Å². The van der Waals surface area contributed by atoms with Gasteiger partial charge in [0.25, 0.3) is 5.91 Å². The number of hydrazone groups is 1. The Labute approximate surface area is 290 Å². The summed E-state index contributed by atoms with van der Waals surface area (Å²) in [6, 6.07) is 33.1. The Hall–Kier alpha value is -4.79. The number of rotatable bonds is 15. The van der Waals surface area contributed by atoms with Gasteiger partial charge in [0.2, 0.25) is 20.0 Å². The zero-order chi connectivity index (χ0) is 34.9. The number of methoxy groups -OCH3 is 1. The molecule has 0 aliphatic carbocycles. The van der Waals surface area contributed by atoms with Crippen molar-refractivity contribution in [1.82, 2.24) is 14.0 Å². The number of amides is 1. The standard InChI is InChI=1S/C35H33ClN4O7S2/c1-46-30-16-20-34(21-17-30)49(44,45)40(24-28-10-6-3-7-11-28)26-35(41)38-37-22-31-14-15-32(47-31)25-39(23-27-8-4-2-5-9-27)48(42,43)33-18-12-29(36)13-19-33/h2-22H,23-26H2,1H3,(H,38,41)/b37-22-. The molecule has 0 fully saturated rings. The summed E-state index contributed by atoms with van der Waals surface area (Å²) >= 11 is 5.98. The second-order valence-electron chi connectivity index (χ2n) is 10.7. The van der Waals surface area contributed by atoms with E-state index in [-0.39, 0.29) is 35.2 Å². The number of carbonyl (C=O) groups excluding carboxylic acids is 1. The number of furan rings is 1. The second-order valence-corrected chi connectivity index (χ2v) is 15.1. The van der Waals surface area contributed by atoms with Crippen molar-refractivity contribution in [2.24, 2.45) is 5.10 Å². The van der Waals surface area contributed by atoms with Crippen molar-refractivity contribution in [1.29, 1.82) is 0 Å². The molecule has 0 saturated carbocycles. The smallest absolute Gasteiger partial charge is 0.255 e. The van der Waals surface area contributed by atoms with Crippen molar-refractivity contribution in [2.45, 2.75) is 29.4 Å². The predicted molar refractivity (Wildman–Crippen MR) is 186 cm³/mol. The third kappa shape index (κ3) is 9.43. The minimum Gasteiger partial charge on any atom is -0.497 e. The molecule has 1 aromatic heterocycles. The molecule has 0 saturated heterocycles. The fourth-order valence-electron chi connectivity index (χ4n) is 4.76. The van der Waals surface area contributed by atoms with Crippen molar-refractivity contribution in [3.8, 4) is 5.75 Å². The number of ether oxygens (including phenoxy) is 1. The third-order valence-electron chi connectivity index (χ3n) is 7.27. The van der Waals surface area contributed by atoms with Gasteiger partial charge in [-0.3, -0.25) is 4.79 Å². The van der Waals surface area contributed by atoms with Crippen LogP contribution in [0.25, 0.3) is 0 Å². The molecule has 0 aliphatic rings. The van der Waals surface area contributed by atoms with E-state index in [1.54, 1.807) is 36.4 Å². The van der Waals surface area contributed by atoms with Crippen molar-refractivity contribution in [2.75, 3.05) is 13.7 Å². The maximum Gasteiger partial charge on any atom is 0.255 e. The molecule has 5 rings (SSSR count). The summed E-state index contributed by atoms with van der Waals surface area (Å²) in [7, 11) is -6.53. The van der Waals surface area contributed by atoms with Gasteiger partial charge in [0.15, 0.2) is 0 Å². The molecule has 49 heavy (non-hydrogen) atoms. The fourth-order valence-corrected chi connectivity index (χ4v) is 7.67. The van der Waals surface area contributed by atoms with E-state index in [0.29, 0.717) is 22.1 Å². The van der Waals surface area contributed by atoms with E-state index in [0.717, 1.165) is 9.87 Å². The molecule has 254 valence electrons. The minimum atomic E-state index is -4.08. The first kappa shape index (κ1) is 35.5. The van der Waals surface area contributed by atoms with E-state index >= 15 is 0 Å². The van der Waals surface area contributed by atoms with Crippen LogP contribution in [-0.4, -0.2) is 51.2 Å². The average Bonchev–Trinajstić information content (AvgIpc) is 3.56. The molecule has 0 spiro atoms. The van der Waals surface area contributed by atoms with Gasteiger partial charge in [0.1, 0.15) is 17.3 Å². The van der Waals surface area contributed by atoms with Crippen LogP contribution in [0.5, 0.6) is 5.75 Å². The van der Waals surface area contributed by atoms with Crippen molar-refractivity contribution < 1.29 is 30.8 Å². The molecule has 0 aliphatic heterocycles. The number of carbonyl (C=O) groups is 1. The summed E-state index contributed by atoms with van der Waals surface area (Å²) < 4.78 is 67.6. The van der Waals surface area contributed by atoms with Crippen LogP contribution in [0.3, 0.4) is 0 Å². The third-order valence-corrected chi connectivity index (χ3v) is 11.1. The monoisotopic (exact) mass is 720 g/mol. The molecule has 14 heteroatoms. The van der Waals surface area contributed by atoms with E-state index in [2.05, 4.69) is 10.5 Å². The minimum absolute atomic E-state index is 0.00281. The highest BCUT2D eigenvalue weighted by Gasteiger charge is 2.28. The van der Waals surface area contributed by atoms with Crippen LogP contribution < -0.4 is 10.2 Å². The number of halogens is 1. The number of hydrogen-bond acceptors (Lipinski definition) is 8. The zero-order valence-corrected chi connectivity index (χ0v) is 28.7. The topological polar surface area (TPSA) is 139 Å². The van der Waals surface area contributed by atoms with Gasteiger partial charge in [0.05, 0.1) is 36.2 Å². The number of nitrogens with one attached hydrogen (secondary N) is 1. The van der Waals surface area contributed by atoms with Gasteiger partial charge in [-0.2, -0.15) is 13.7 Å². The number of hydrogen-bond donors (Lipinski definition) is 1. The Balaban J connectivity index is 1.28. The largest absolute Gasteiger partial charge is 0.497 e. The van der Waals surface area contributed by atoms with Crippen LogP contribution >= 0.6 is 11.6 Å². The molecule has 0 bridgehead atoms. The molecule has 0 atom stereocenters. The second kappa shape index (κ2) is 16.1. The molecule has 1 N–H and O–H groups in total. The molecule has 5 aromatic rings. The van der Waals surface area contributed by atoms with Crippen LogP contribution in [0.4, 0.5) is 0 Å². The Morgan fingerprint density at radius 3 is 1.84 bits per heavy atom. The van der Waals surface area contributed by atoms with E-state index < -0.39 is 32.5 Å². The molecule has 0 radical (unpaired) electrons. The lowest BCUT2D eigenvalue weighted by Gasteiger charge is -2.21. The quantitative estimate of drug-likeness (QED) is 0.109. The first-order valence-electron chi connectivity index (χ1n) is 14.9. The van der Waals surface area contributed by atoms with Crippen molar-refractivity contribution >= 4 is 43.8 Å².